The van der Waals surface area contributed by atoms with E-state index >= 15 is 0 Å². The van der Waals surface area contributed by atoms with E-state index < -0.39 is 140 Å². The number of rotatable bonds is 37. The largest absolute Gasteiger partial charge is 0.481 e. The number of carboxylic acids is 2. The van der Waals surface area contributed by atoms with Crippen molar-refractivity contribution in [2.75, 3.05) is 31.8 Å². The Labute approximate surface area is 446 Å². The Hall–Kier alpha value is -6.68. The normalized spacial score (nSPS) is 14.8. The highest BCUT2D eigenvalue weighted by Gasteiger charge is 2.35. The van der Waals surface area contributed by atoms with Crippen molar-refractivity contribution in [2.45, 2.75) is 146 Å². The van der Waals surface area contributed by atoms with E-state index in [0.717, 1.165) is 0 Å². The van der Waals surface area contributed by atoms with Gasteiger partial charge in [0.25, 0.3) is 0 Å². The minimum Gasteiger partial charge on any atom is -0.481 e. The van der Waals surface area contributed by atoms with E-state index in [1.807, 2.05) is 0 Å². The lowest BCUT2D eigenvalue weighted by atomic mass is 9.99. The molecule has 1 heterocycles. The van der Waals surface area contributed by atoms with Crippen LogP contribution in [0.4, 0.5) is 0 Å². The molecule has 0 saturated carbocycles. The van der Waals surface area contributed by atoms with Gasteiger partial charge in [0.15, 0.2) is 0 Å². The van der Waals surface area contributed by atoms with Crippen molar-refractivity contribution in [3.8, 4) is 0 Å². The molecule has 0 fully saturated rings. The number of H-pyrrole nitrogens is 1. The molecule has 1 aromatic carbocycles. The minimum absolute atomic E-state index is 0.0121. The lowest BCUT2D eigenvalue weighted by molar-refractivity contribution is -0.143. The number of hydrogen-bond acceptors (Lipinski definition) is 16. The van der Waals surface area contributed by atoms with Gasteiger partial charge >= 0.3 is 11.9 Å². The first-order valence-electron chi connectivity index (χ1n) is 25.1. The van der Waals surface area contributed by atoms with Crippen molar-refractivity contribution in [3.05, 3.63) is 54.1 Å². The highest BCUT2D eigenvalue weighted by Crippen LogP contribution is 2.13. The fourth-order valence-electron chi connectivity index (χ4n) is 7.55. The number of thioether (sulfide) groups is 1. The summed E-state index contributed by atoms with van der Waals surface area (Å²) >= 11 is 1.31. The maximum Gasteiger partial charge on any atom is 0.326 e. The number of nitrogens with zero attached hydrogens (tertiary/aromatic N) is 1. The second kappa shape index (κ2) is 34.8. The molecule has 76 heavy (non-hydrogen) atoms. The molecule has 17 N–H and O–H groups in total. The molecule has 0 spiro atoms. The van der Waals surface area contributed by atoms with E-state index in [-0.39, 0.29) is 62.7 Å². The van der Waals surface area contributed by atoms with E-state index in [4.69, 9.17) is 11.5 Å². The fraction of sp³-hybridized carbons (Fsp3) is 0.612. The number of benzene rings is 1. The molecule has 424 valence electrons. The number of aliphatic hydroxyl groups is 2. The van der Waals surface area contributed by atoms with Crippen molar-refractivity contribution in [3.63, 3.8) is 0 Å². The quantitative estimate of drug-likeness (QED) is 0.0306. The number of aliphatic hydroxyl groups excluding tert-OH is 2. The second-order valence-electron chi connectivity index (χ2n) is 19.0. The van der Waals surface area contributed by atoms with Crippen LogP contribution in [0.5, 0.6) is 0 Å². The fourth-order valence-corrected chi connectivity index (χ4v) is 8.02. The molecule has 8 amide bonds. The monoisotopic (exact) mass is 1090 g/mol. The Morgan fingerprint density at radius 3 is 1.54 bits per heavy atom. The summed E-state index contributed by atoms with van der Waals surface area (Å²) in [6, 6.07) is -4.04. The molecule has 0 saturated heterocycles. The average molecular weight is 1090 g/mol. The molecule has 26 nitrogen and oxygen atoms in total. The van der Waals surface area contributed by atoms with Crippen LogP contribution in [-0.4, -0.2) is 176 Å². The molecule has 2 aromatic rings. The van der Waals surface area contributed by atoms with Crippen LogP contribution < -0.4 is 54.0 Å². The predicted molar refractivity (Wildman–Crippen MR) is 279 cm³/mol. The Morgan fingerprint density at radius 1 is 0.579 bits per heavy atom. The molecule has 0 aliphatic rings. The van der Waals surface area contributed by atoms with Crippen molar-refractivity contribution in [1.82, 2.24) is 52.5 Å². The van der Waals surface area contributed by atoms with Gasteiger partial charge in [0, 0.05) is 31.2 Å². The highest BCUT2D eigenvalue weighted by molar-refractivity contribution is 7.98. The minimum atomic E-state index is -1.70. The number of unbranched alkanes of at least 4 members (excludes halogenated alkanes) is 1. The number of carboxylic acid groups (broad SMARTS) is 2. The molecule has 1 aromatic heterocycles. The summed E-state index contributed by atoms with van der Waals surface area (Å²) in [5.74, 6) is -9.91. The number of imidazole rings is 1. The summed E-state index contributed by atoms with van der Waals surface area (Å²) in [4.78, 5) is 141. The first-order chi connectivity index (χ1) is 36.0. The van der Waals surface area contributed by atoms with Gasteiger partial charge in [0.2, 0.25) is 47.3 Å². The predicted octanol–water partition coefficient (Wildman–Crippen LogP) is -2.69. The van der Waals surface area contributed by atoms with Gasteiger partial charge in [-0.05, 0) is 80.9 Å². The van der Waals surface area contributed by atoms with Crippen molar-refractivity contribution in [1.29, 1.82) is 0 Å². The smallest absolute Gasteiger partial charge is 0.326 e. The van der Waals surface area contributed by atoms with Crippen LogP contribution >= 0.6 is 11.8 Å². The topological polar surface area (TPSA) is 429 Å². The number of aromatic nitrogens is 2. The number of nitrogens with two attached hydrogens (primary N) is 2. The number of amides is 8. The third kappa shape index (κ3) is 24.3. The van der Waals surface area contributed by atoms with Gasteiger partial charge in [-0.1, -0.05) is 58.0 Å². The number of hydrogen-bond donors (Lipinski definition) is 15. The molecular weight excluding hydrogens is 1010 g/mol. The third-order valence-corrected chi connectivity index (χ3v) is 12.3. The summed E-state index contributed by atoms with van der Waals surface area (Å²) in [5.41, 5.74) is 12.6. The SMILES string of the molecule is CSCC[C@H](NC(=O)[C@H](CCCCN)NC(=O)[C@H](CC(C)C)NC(=O)[C@H](Cc1ccccc1)NC(=O)[C@H](Cc1cnc[nH]1)NC(=O)[C@@H](N)CO)C(=O)N[C@@H](CCC(=O)O)C(=O)N[C@@H](CO)C(=O)N[C@@H](CC(C)C)C(=O)O. The maximum atomic E-state index is 14.4. The van der Waals surface area contributed by atoms with Gasteiger partial charge < -0.3 is 79.4 Å². The number of carbonyl (C=O) groups is 10. The van der Waals surface area contributed by atoms with Gasteiger partial charge in [-0.2, -0.15) is 11.8 Å². The zero-order valence-electron chi connectivity index (χ0n) is 43.7. The number of nitrogens with one attached hydrogen (secondary N) is 9. The Bertz CT molecular complexity index is 2190. The van der Waals surface area contributed by atoms with E-state index in [9.17, 15) is 68.4 Å². The summed E-state index contributed by atoms with van der Waals surface area (Å²) in [5, 5.41) is 58.8. The third-order valence-electron chi connectivity index (χ3n) is 11.6. The number of carbonyl (C=O) groups excluding carboxylic acids is 8. The van der Waals surface area contributed by atoms with Crippen LogP contribution in [0.25, 0.3) is 0 Å². The lowest BCUT2D eigenvalue weighted by Crippen LogP contribution is -2.61. The Kier molecular flexibility index (Phi) is 30.0. The van der Waals surface area contributed by atoms with Crippen LogP contribution in [0.15, 0.2) is 42.9 Å². The zero-order chi connectivity index (χ0) is 56.9. The molecule has 0 aliphatic carbocycles. The van der Waals surface area contributed by atoms with E-state index in [1.54, 1.807) is 64.3 Å². The van der Waals surface area contributed by atoms with Crippen LogP contribution in [0.1, 0.15) is 90.3 Å². The van der Waals surface area contributed by atoms with Gasteiger partial charge in [-0.15, -0.1) is 0 Å². The van der Waals surface area contributed by atoms with Crippen molar-refractivity contribution in [2.24, 2.45) is 23.3 Å². The van der Waals surface area contributed by atoms with Crippen molar-refractivity contribution >= 4 is 71.0 Å². The highest BCUT2D eigenvalue weighted by atomic mass is 32.2. The Morgan fingerprint density at radius 2 is 1.04 bits per heavy atom. The molecule has 9 atom stereocenters. The maximum absolute atomic E-state index is 14.4. The van der Waals surface area contributed by atoms with Crippen LogP contribution in [0, 0.1) is 11.8 Å². The molecular formula is C49H78N12O14S. The first-order valence-corrected chi connectivity index (χ1v) is 26.5. The van der Waals surface area contributed by atoms with Crippen LogP contribution in [0.3, 0.4) is 0 Å². The summed E-state index contributed by atoms with van der Waals surface area (Å²) in [6.07, 6.45) is 4.04. The Balaban J connectivity index is 2.44. The molecule has 2 rings (SSSR count). The van der Waals surface area contributed by atoms with E-state index in [1.165, 1.54) is 24.3 Å². The van der Waals surface area contributed by atoms with Crippen LogP contribution in [0.2, 0.25) is 0 Å². The van der Waals surface area contributed by atoms with Crippen LogP contribution in [-0.2, 0) is 60.8 Å². The first kappa shape index (κ1) is 65.4. The van der Waals surface area contributed by atoms with Gasteiger partial charge in [-0.25, -0.2) is 9.78 Å². The molecule has 0 bridgehead atoms. The summed E-state index contributed by atoms with van der Waals surface area (Å²) in [6.45, 7) is 5.58. The van der Waals surface area contributed by atoms with Gasteiger partial charge in [0.05, 0.1) is 19.5 Å². The number of aliphatic carboxylic acids is 2. The molecule has 0 unspecified atom stereocenters. The lowest BCUT2D eigenvalue weighted by Gasteiger charge is -2.28. The van der Waals surface area contributed by atoms with E-state index in [0.29, 0.717) is 24.1 Å². The van der Waals surface area contributed by atoms with Crippen molar-refractivity contribution < 1.29 is 68.4 Å². The summed E-state index contributed by atoms with van der Waals surface area (Å²) in [7, 11) is 0. The summed E-state index contributed by atoms with van der Waals surface area (Å²) < 4.78 is 0. The standard InChI is InChI=1S/C49H78N12O14S/c1-27(2)19-35(58-46(71)36(21-29-11-7-6-8-12-29)59-47(72)37(22-30-23-52-26-53-30)57-41(66)31(51)24-62)45(70)54-32(13-9-10-17-50)42(67)56-34(16-18-76-5)44(69)55-33(14-15-40(64)65)43(68)61-39(25-63)48(73)60-38(49(74)75)20-28(3)4/h6-8,11-12,23,26-28,31-39,62-63H,9-10,13-22,24-25,50-51H2,1-5H3,(H,52,53)(H,54,70)(H,55,69)(H,56,67)(H,57,66)(H,58,71)(H,59,72)(H,60,73)(H,61,68)(H,64,65)(H,74,75)/t31-,32-,33-,34-,35-,36-,37-,38-,39-/m0/s1. The second-order valence-corrected chi connectivity index (χ2v) is 20.0. The molecule has 27 heteroatoms. The zero-order valence-corrected chi connectivity index (χ0v) is 44.5. The number of aromatic amines is 1. The average Bonchev–Trinajstić information content (AvgIpc) is 3.89. The molecule has 0 radical (unpaired) electrons. The molecule has 0 aliphatic heterocycles. The van der Waals surface area contributed by atoms with Gasteiger partial charge in [0.1, 0.15) is 54.4 Å². The van der Waals surface area contributed by atoms with Gasteiger partial charge in [-0.3, -0.25) is 43.2 Å². The van der Waals surface area contributed by atoms with E-state index in [2.05, 4.69) is 52.5 Å².